The first-order valence-corrected chi connectivity index (χ1v) is 12.5. The number of hydrogen-bond donors (Lipinski definition) is 0. The van der Waals surface area contributed by atoms with Crippen molar-refractivity contribution in [3.05, 3.63) is 125 Å². The van der Waals surface area contributed by atoms with Crippen molar-refractivity contribution in [3.63, 3.8) is 0 Å². The van der Waals surface area contributed by atoms with Gasteiger partial charge >= 0.3 is 0 Å². The third-order valence-corrected chi connectivity index (χ3v) is 8.24. The molecule has 3 nitrogen and oxygen atoms in total. The molecule has 168 valence electrons. The maximum absolute atomic E-state index is 13.8. The zero-order chi connectivity index (χ0) is 23.1. The first-order chi connectivity index (χ1) is 16.7. The van der Waals surface area contributed by atoms with Crippen LogP contribution in [0.3, 0.4) is 0 Å². The number of rotatable bonds is 4. The number of thioether (sulfide) groups is 1. The van der Waals surface area contributed by atoms with Crippen molar-refractivity contribution in [2.75, 3.05) is 4.90 Å². The number of hydrogen-bond acceptors (Lipinski definition) is 3. The quantitative estimate of drug-likeness (QED) is 0.286. The predicted molar refractivity (Wildman–Crippen MR) is 138 cm³/mol. The molecule has 1 amide bonds. The maximum atomic E-state index is 13.8. The summed E-state index contributed by atoms with van der Waals surface area (Å²) in [6.07, 6.45) is 0.0835. The molecule has 1 fully saturated rings. The summed E-state index contributed by atoms with van der Waals surface area (Å²) in [5, 5.41) is 0.824. The van der Waals surface area contributed by atoms with Gasteiger partial charge in [0.1, 0.15) is 11.3 Å². The standard InChI is InChI=1S/C29H22ClNO2S/c30-22-17-15-20(16-18-22)26-19-29(21-9-3-1-4-10-21)27(33-23-11-5-2-6-12-23)28(32)31(29)24-13-7-8-14-25(24)34-26/h1-18,26-27H,19H2/t26-,27+,29+/m1/s1. The van der Waals surface area contributed by atoms with Crippen molar-refractivity contribution >= 4 is 35.0 Å². The Labute approximate surface area is 208 Å². The zero-order valence-corrected chi connectivity index (χ0v) is 19.9. The van der Waals surface area contributed by atoms with Crippen LogP contribution in [0.4, 0.5) is 5.69 Å². The van der Waals surface area contributed by atoms with E-state index in [-0.39, 0.29) is 11.2 Å². The van der Waals surface area contributed by atoms with Crippen LogP contribution >= 0.6 is 23.4 Å². The second-order valence-electron chi connectivity index (χ2n) is 8.60. The fourth-order valence-corrected chi connectivity index (χ4v) is 6.59. The number of carbonyl (C=O) groups is 1. The lowest BCUT2D eigenvalue weighted by molar-refractivity contribution is -0.142. The minimum atomic E-state index is -0.641. The Hall–Kier alpha value is -3.21. The highest BCUT2D eigenvalue weighted by Crippen LogP contribution is 2.59. The van der Waals surface area contributed by atoms with E-state index in [9.17, 15) is 4.79 Å². The molecule has 0 spiro atoms. The minimum absolute atomic E-state index is 0.0162. The second kappa shape index (κ2) is 8.53. The molecule has 2 aliphatic rings. The number of nitrogens with zero attached hydrogens (tertiary/aromatic N) is 1. The second-order valence-corrected chi connectivity index (χ2v) is 10.3. The first kappa shape index (κ1) is 21.3. The van der Waals surface area contributed by atoms with Gasteiger partial charge in [0, 0.05) is 15.2 Å². The molecule has 0 unspecified atom stereocenters. The van der Waals surface area contributed by atoms with Crippen molar-refractivity contribution in [3.8, 4) is 5.75 Å². The topological polar surface area (TPSA) is 29.5 Å². The summed E-state index contributed by atoms with van der Waals surface area (Å²) in [6, 6.07) is 36.1. The number of amides is 1. The van der Waals surface area contributed by atoms with Gasteiger partial charge in [0.25, 0.3) is 5.91 Å². The normalized spacial score (nSPS) is 23.3. The zero-order valence-electron chi connectivity index (χ0n) is 18.3. The highest BCUT2D eigenvalue weighted by Gasteiger charge is 2.65. The molecule has 0 bridgehead atoms. The van der Waals surface area contributed by atoms with Gasteiger partial charge < -0.3 is 4.74 Å². The number of halogens is 1. The van der Waals surface area contributed by atoms with Gasteiger partial charge in [0.2, 0.25) is 6.10 Å². The highest BCUT2D eigenvalue weighted by molar-refractivity contribution is 7.99. The van der Waals surface area contributed by atoms with E-state index >= 15 is 0 Å². The van der Waals surface area contributed by atoms with Gasteiger partial charge in [-0.3, -0.25) is 9.69 Å². The lowest BCUT2D eigenvalue weighted by Crippen LogP contribution is -2.74. The van der Waals surface area contributed by atoms with Crippen LogP contribution in [0.15, 0.2) is 114 Å². The Balaban J connectivity index is 1.54. The molecule has 5 heteroatoms. The van der Waals surface area contributed by atoms with E-state index in [1.54, 1.807) is 11.8 Å². The lowest BCUT2D eigenvalue weighted by Gasteiger charge is -2.57. The van der Waals surface area contributed by atoms with E-state index in [2.05, 4.69) is 30.3 Å². The van der Waals surface area contributed by atoms with Crippen molar-refractivity contribution in [1.82, 2.24) is 0 Å². The number of benzene rings is 4. The number of anilines is 1. The van der Waals surface area contributed by atoms with Gasteiger partial charge in [0.05, 0.1) is 5.69 Å². The van der Waals surface area contributed by atoms with Crippen molar-refractivity contribution in [1.29, 1.82) is 0 Å². The fourth-order valence-electron chi connectivity index (χ4n) is 5.09. The molecule has 0 N–H and O–H groups in total. The van der Waals surface area contributed by atoms with Crippen LogP contribution < -0.4 is 9.64 Å². The molecule has 0 aliphatic carbocycles. The molecular formula is C29H22ClNO2S. The van der Waals surface area contributed by atoms with Crippen molar-refractivity contribution in [2.45, 2.75) is 28.2 Å². The smallest absolute Gasteiger partial charge is 0.271 e. The molecule has 4 aromatic carbocycles. The number of ether oxygens (including phenoxy) is 1. The molecule has 1 saturated heterocycles. The molecule has 4 aromatic rings. The number of β-lactam (4-membered cyclic amide) rings is 1. The van der Waals surface area contributed by atoms with Gasteiger partial charge in [-0.15, -0.1) is 11.8 Å². The summed E-state index contributed by atoms with van der Waals surface area (Å²) in [6.45, 7) is 0. The SMILES string of the molecule is O=C1[C@H](Oc2ccccc2)[C@@]2(c3ccccc3)C[C@H](c3ccc(Cl)cc3)Sc3ccccc3N12. The van der Waals surface area contributed by atoms with E-state index < -0.39 is 11.6 Å². The van der Waals surface area contributed by atoms with Crippen LogP contribution in [0.2, 0.25) is 5.02 Å². The van der Waals surface area contributed by atoms with Crippen LogP contribution in [0, 0.1) is 0 Å². The number of fused-ring (bicyclic) bond motifs is 3. The highest BCUT2D eigenvalue weighted by atomic mass is 35.5. The van der Waals surface area contributed by atoms with Gasteiger partial charge in [-0.25, -0.2) is 0 Å². The van der Waals surface area contributed by atoms with E-state index in [4.69, 9.17) is 16.3 Å². The largest absolute Gasteiger partial charge is 0.478 e. The molecule has 2 heterocycles. The Morgan fingerprint density at radius 3 is 2.21 bits per heavy atom. The molecule has 3 atom stereocenters. The molecular weight excluding hydrogens is 462 g/mol. The van der Waals surface area contributed by atoms with E-state index in [0.29, 0.717) is 17.2 Å². The lowest BCUT2D eigenvalue weighted by atomic mass is 9.70. The molecule has 0 aromatic heterocycles. The molecule has 2 aliphatic heterocycles. The van der Waals surface area contributed by atoms with Crippen LogP contribution in [-0.2, 0) is 10.3 Å². The fraction of sp³-hybridized carbons (Fsp3) is 0.138. The average molecular weight is 484 g/mol. The Morgan fingerprint density at radius 2 is 1.47 bits per heavy atom. The third-order valence-electron chi connectivity index (χ3n) is 6.66. The first-order valence-electron chi connectivity index (χ1n) is 11.3. The average Bonchev–Trinajstić information content (AvgIpc) is 3.02. The summed E-state index contributed by atoms with van der Waals surface area (Å²) < 4.78 is 6.44. The summed E-state index contributed by atoms with van der Waals surface area (Å²) in [5.74, 6) is 0.682. The van der Waals surface area contributed by atoms with Crippen LogP contribution in [0.25, 0.3) is 0 Å². The summed E-state index contributed by atoms with van der Waals surface area (Å²) in [5.41, 5.74) is 2.55. The van der Waals surface area contributed by atoms with Crippen LogP contribution in [0.5, 0.6) is 5.75 Å². The summed E-state index contributed by atoms with van der Waals surface area (Å²) >= 11 is 8.00. The molecule has 0 radical (unpaired) electrons. The number of carbonyl (C=O) groups excluding carboxylic acids is 1. The monoisotopic (exact) mass is 483 g/mol. The minimum Gasteiger partial charge on any atom is -0.478 e. The van der Waals surface area contributed by atoms with E-state index in [1.807, 2.05) is 83.8 Å². The third kappa shape index (κ3) is 3.41. The predicted octanol–water partition coefficient (Wildman–Crippen LogP) is 7.27. The molecule has 0 saturated carbocycles. The Morgan fingerprint density at radius 1 is 0.824 bits per heavy atom. The summed E-state index contributed by atoms with van der Waals surface area (Å²) in [7, 11) is 0. The molecule has 34 heavy (non-hydrogen) atoms. The van der Waals surface area contributed by atoms with Gasteiger partial charge in [0.15, 0.2) is 0 Å². The number of para-hydroxylation sites is 2. The van der Waals surface area contributed by atoms with Crippen molar-refractivity contribution < 1.29 is 9.53 Å². The summed E-state index contributed by atoms with van der Waals surface area (Å²) in [4.78, 5) is 16.8. The van der Waals surface area contributed by atoms with Crippen LogP contribution in [0.1, 0.15) is 22.8 Å². The van der Waals surface area contributed by atoms with E-state index in [0.717, 1.165) is 16.1 Å². The Bertz CT molecular complexity index is 1330. The van der Waals surface area contributed by atoms with Gasteiger partial charge in [-0.2, -0.15) is 0 Å². The van der Waals surface area contributed by atoms with E-state index in [1.165, 1.54) is 5.56 Å². The maximum Gasteiger partial charge on any atom is 0.271 e. The van der Waals surface area contributed by atoms with Gasteiger partial charge in [-0.05, 0) is 53.9 Å². The van der Waals surface area contributed by atoms with Gasteiger partial charge in [-0.1, -0.05) is 84.4 Å². The Kier molecular flexibility index (Phi) is 5.35. The molecule has 6 rings (SSSR count). The van der Waals surface area contributed by atoms with Crippen LogP contribution in [-0.4, -0.2) is 12.0 Å². The van der Waals surface area contributed by atoms with Crippen molar-refractivity contribution in [2.24, 2.45) is 0 Å².